The Bertz CT molecular complexity index is 887. The maximum atomic E-state index is 12.8. The smallest absolute Gasteiger partial charge is 0.237 e. The lowest BCUT2D eigenvalue weighted by molar-refractivity contribution is -0.115. The van der Waals surface area contributed by atoms with Crippen molar-refractivity contribution in [2.75, 3.05) is 5.32 Å². The lowest BCUT2D eigenvalue weighted by Gasteiger charge is -2.17. The maximum Gasteiger partial charge on any atom is 0.237 e. The molecule has 1 aromatic heterocycles. The second kappa shape index (κ2) is 7.70. The van der Waals surface area contributed by atoms with Gasteiger partial charge >= 0.3 is 0 Å². The number of carbonyl (C=O) groups is 1. The van der Waals surface area contributed by atoms with Gasteiger partial charge in [0.15, 0.2) is 0 Å². The fourth-order valence-corrected chi connectivity index (χ4v) is 3.72. The van der Waals surface area contributed by atoms with Crippen LogP contribution in [0.25, 0.3) is 10.9 Å². The number of aromatic nitrogens is 1. The van der Waals surface area contributed by atoms with E-state index in [-0.39, 0.29) is 11.2 Å². The number of nitrogens with zero attached hydrogens (tertiary/aromatic N) is 1. The Morgan fingerprint density at radius 3 is 2.48 bits per heavy atom. The molecule has 0 saturated carbocycles. The zero-order valence-corrected chi connectivity index (χ0v) is 15.6. The molecule has 0 saturated heterocycles. The Balaban J connectivity index is 1.78. The molecule has 25 heavy (non-hydrogen) atoms. The minimum Gasteiger partial charge on any atom is -0.325 e. The van der Waals surface area contributed by atoms with Crippen LogP contribution in [-0.4, -0.2) is 16.1 Å². The van der Waals surface area contributed by atoms with Gasteiger partial charge in [-0.3, -0.25) is 4.79 Å². The van der Waals surface area contributed by atoms with E-state index in [1.165, 1.54) is 11.8 Å². The first-order valence-corrected chi connectivity index (χ1v) is 9.36. The molecule has 4 heteroatoms. The second-order valence-electron chi connectivity index (χ2n) is 6.11. The molecule has 1 unspecified atom stereocenters. The number of hydrogen-bond acceptors (Lipinski definition) is 3. The van der Waals surface area contributed by atoms with Crippen LogP contribution in [0.4, 0.5) is 5.69 Å². The second-order valence-corrected chi connectivity index (χ2v) is 7.34. The zero-order valence-electron chi connectivity index (χ0n) is 14.7. The van der Waals surface area contributed by atoms with Gasteiger partial charge in [-0.25, -0.2) is 4.98 Å². The highest BCUT2D eigenvalue weighted by molar-refractivity contribution is 8.00. The fourth-order valence-electron chi connectivity index (χ4n) is 2.80. The van der Waals surface area contributed by atoms with Gasteiger partial charge in [0.1, 0.15) is 0 Å². The molecule has 3 rings (SSSR count). The number of hydrogen-bond donors (Lipinski definition) is 1. The summed E-state index contributed by atoms with van der Waals surface area (Å²) in [5, 5.41) is 4.91. The van der Waals surface area contributed by atoms with Crippen molar-refractivity contribution in [2.45, 2.75) is 37.5 Å². The largest absolute Gasteiger partial charge is 0.325 e. The van der Waals surface area contributed by atoms with Crippen LogP contribution >= 0.6 is 11.8 Å². The highest BCUT2D eigenvalue weighted by Gasteiger charge is 2.20. The number of nitrogens with one attached hydrogen (secondary N) is 1. The number of thioether (sulfide) groups is 1. The van der Waals surface area contributed by atoms with E-state index in [4.69, 9.17) is 0 Å². The van der Waals surface area contributed by atoms with Gasteiger partial charge in [-0.15, -0.1) is 0 Å². The Labute approximate surface area is 152 Å². The average molecular weight is 350 g/mol. The molecular weight excluding hydrogens is 328 g/mol. The van der Waals surface area contributed by atoms with Crippen LogP contribution in [0.3, 0.4) is 0 Å². The van der Waals surface area contributed by atoms with Crippen LogP contribution < -0.4 is 5.32 Å². The minimum atomic E-state index is -0.173. The molecule has 3 nitrogen and oxygen atoms in total. The van der Waals surface area contributed by atoms with Crippen LogP contribution in [-0.2, 0) is 4.79 Å². The van der Waals surface area contributed by atoms with Gasteiger partial charge in [-0.1, -0.05) is 61.2 Å². The maximum absolute atomic E-state index is 12.8. The van der Waals surface area contributed by atoms with Gasteiger partial charge in [0.25, 0.3) is 0 Å². The van der Waals surface area contributed by atoms with Crippen LogP contribution in [0, 0.1) is 13.8 Å². The lowest BCUT2D eigenvalue weighted by atomic mass is 10.1. The van der Waals surface area contributed by atoms with E-state index < -0.39 is 0 Å². The van der Waals surface area contributed by atoms with E-state index in [0.717, 1.165) is 39.2 Å². The first-order valence-electron chi connectivity index (χ1n) is 8.48. The first-order chi connectivity index (χ1) is 12.1. The Morgan fingerprint density at radius 2 is 1.76 bits per heavy atom. The van der Waals surface area contributed by atoms with Crippen LogP contribution in [0.1, 0.15) is 24.5 Å². The van der Waals surface area contributed by atoms with Crippen LogP contribution in [0.5, 0.6) is 0 Å². The molecule has 0 fully saturated rings. The molecule has 0 spiro atoms. The summed E-state index contributed by atoms with van der Waals surface area (Å²) in [7, 11) is 0. The quantitative estimate of drug-likeness (QED) is 0.630. The summed E-state index contributed by atoms with van der Waals surface area (Å²) in [5.41, 5.74) is 4.03. The van der Waals surface area contributed by atoms with E-state index in [1.54, 1.807) is 0 Å². The molecule has 1 N–H and O–H groups in total. The van der Waals surface area contributed by atoms with Crippen molar-refractivity contribution in [1.29, 1.82) is 0 Å². The number of fused-ring (bicyclic) bond motifs is 1. The third-order valence-corrected chi connectivity index (χ3v) is 5.53. The minimum absolute atomic E-state index is 0.0276. The van der Waals surface area contributed by atoms with Crippen molar-refractivity contribution in [2.24, 2.45) is 0 Å². The summed E-state index contributed by atoms with van der Waals surface area (Å²) < 4.78 is 0. The van der Waals surface area contributed by atoms with Crippen molar-refractivity contribution < 1.29 is 4.79 Å². The third kappa shape index (κ3) is 4.02. The van der Waals surface area contributed by atoms with E-state index in [9.17, 15) is 4.79 Å². The summed E-state index contributed by atoms with van der Waals surface area (Å²) in [6.07, 6.45) is 0.746. The summed E-state index contributed by atoms with van der Waals surface area (Å²) in [6.45, 7) is 6.06. The van der Waals surface area contributed by atoms with Crippen molar-refractivity contribution in [3.05, 3.63) is 65.7 Å². The van der Waals surface area contributed by atoms with Gasteiger partial charge in [0.05, 0.1) is 15.8 Å². The standard InChI is InChI=1S/C21H22N2OS/c1-4-18(21(24)23-20-14(2)8-7-9-15(20)3)25-19-13-12-16-10-5-6-11-17(16)22-19/h5-13,18H,4H2,1-3H3,(H,23,24). The zero-order chi connectivity index (χ0) is 17.8. The lowest BCUT2D eigenvalue weighted by Crippen LogP contribution is -2.25. The number of pyridine rings is 1. The molecule has 0 aliphatic rings. The van der Waals surface area contributed by atoms with Crippen molar-refractivity contribution >= 4 is 34.3 Å². The molecule has 1 amide bonds. The SMILES string of the molecule is CCC(Sc1ccc2ccccc2n1)C(=O)Nc1c(C)cccc1C. The van der Waals surface area contributed by atoms with E-state index >= 15 is 0 Å². The van der Waals surface area contributed by atoms with E-state index in [2.05, 4.69) is 16.4 Å². The van der Waals surface area contributed by atoms with E-state index in [0.29, 0.717) is 0 Å². The molecular formula is C21H22N2OS. The summed E-state index contributed by atoms with van der Waals surface area (Å²) in [4.78, 5) is 17.4. The topological polar surface area (TPSA) is 42.0 Å². The number of para-hydroxylation sites is 2. The number of benzene rings is 2. The Morgan fingerprint density at radius 1 is 1.04 bits per heavy atom. The summed E-state index contributed by atoms with van der Waals surface area (Å²) >= 11 is 1.52. The molecule has 128 valence electrons. The van der Waals surface area contributed by atoms with Crippen molar-refractivity contribution in [3.8, 4) is 0 Å². The van der Waals surface area contributed by atoms with Crippen molar-refractivity contribution in [1.82, 2.24) is 4.98 Å². The highest BCUT2D eigenvalue weighted by Crippen LogP contribution is 2.28. The third-order valence-electron chi connectivity index (χ3n) is 4.23. The van der Waals surface area contributed by atoms with Crippen molar-refractivity contribution in [3.63, 3.8) is 0 Å². The number of amides is 1. The summed E-state index contributed by atoms with van der Waals surface area (Å²) in [6, 6.07) is 18.1. The average Bonchev–Trinajstić information content (AvgIpc) is 2.62. The first kappa shape index (κ1) is 17.5. The Hall–Kier alpha value is -2.33. The fraction of sp³-hybridized carbons (Fsp3) is 0.238. The molecule has 1 atom stereocenters. The van der Waals surface area contributed by atoms with Gasteiger partial charge in [-0.2, -0.15) is 0 Å². The highest BCUT2D eigenvalue weighted by atomic mass is 32.2. The predicted molar refractivity (Wildman–Crippen MR) is 106 cm³/mol. The monoisotopic (exact) mass is 350 g/mol. The molecule has 0 aliphatic carbocycles. The van der Waals surface area contributed by atoms with Crippen LogP contribution in [0.2, 0.25) is 0 Å². The Kier molecular flexibility index (Phi) is 5.39. The normalized spacial score (nSPS) is 12.1. The number of anilines is 1. The van der Waals surface area contributed by atoms with Gasteiger partial charge in [-0.05, 0) is 43.5 Å². The molecule has 3 aromatic rings. The predicted octanol–water partition coefficient (Wildman–Crippen LogP) is 5.36. The number of rotatable bonds is 5. The van der Waals surface area contributed by atoms with E-state index in [1.807, 2.05) is 69.3 Å². The molecule has 1 heterocycles. The molecule has 2 aromatic carbocycles. The van der Waals surface area contributed by atoms with Gasteiger partial charge in [0.2, 0.25) is 5.91 Å². The molecule has 0 radical (unpaired) electrons. The summed E-state index contributed by atoms with van der Waals surface area (Å²) in [5.74, 6) is 0.0276. The number of aryl methyl sites for hydroxylation is 2. The van der Waals surface area contributed by atoms with Crippen LogP contribution in [0.15, 0.2) is 59.6 Å². The van der Waals surface area contributed by atoms with Gasteiger partial charge in [0, 0.05) is 11.1 Å². The van der Waals surface area contributed by atoms with Gasteiger partial charge < -0.3 is 5.32 Å². The number of carbonyl (C=O) groups excluding carboxylic acids is 1. The molecule has 0 bridgehead atoms. The molecule has 0 aliphatic heterocycles.